The first-order valence-corrected chi connectivity index (χ1v) is 9.74. The second-order valence-electron chi connectivity index (χ2n) is 6.73. The standard InChI is InChI=1S/C19H23N3O4S/c1-11-9-16(12(2)22(11)10-15-5-4-8-27-15)18(24)26-13(3)17(23)21-19(25)20-14-6-7-14/h4-5,8-9,13-14H,6-7,10H2,1-3H3,(H2,20,21,23,25). The Morgan fingerprint density at radius 2 is 2.07 bits per heavy atom. The second kappa shape index (κ2) is 7.96. The van der Waals surface area contributed by atoms with Crippen molar-refractivity contribution in [2.24, 2.45) is 0 Å². The molecule has 2 heterocycles. The van der Waals surface area contributed by atoms with E-state index in [4.69, 9.17) is 4.74 Å². The third-order valence-corrected chi connectivity index (χ3v) is 5.35. The van der Waals surface area contributed by atoms with Gasteiger partial charge in [-0.15, -0.1) is 11.3 Å². The van der Waals surface area contributed by atoms with Crippen LogP contribution < -0.4 is 10.6 Å². The molecule has 1 atom stereocenters. The number of nitrogens with zero attached hydrogens (tertiary/aromatic N) is 1. The molecule has 7 nitrogen and oxygen atoms in total. The number of esters is 1. The van der Waals surface area contributed by atoms with Crippen LogP contribution in [0.5, 0.6) is 0 Å². The van der Waals surface area contributed by atoms with Crippen molar-refractivity contribution >= 4 is 29.2 Å². The molecular formula is C19H23N3O4S. The lowest BCUT2D eigenvalue weighted by Crippen LogP contribution is -2.45. The van der Waals surface area contributed by atoms with E-state index < -0.39 is 24.0 Å². The molecule has 2 aromatic rings. The van der Waals surface area contributed by atoms with Gasteiger partial charge in [-0.3, -0.25) is 10.1 Å². The highest BCUT2D eigenvalue weighted by molar-refractivity contribution is 7.09. The summed E-state index contributed by atoms with van der Waals surface area (Å²) in [5.41, 5.74) is 2.14. The molecule has 8 heteroatoms. The quantitative estimate of drug-likeness (QED) is 0.744. The van der Waals surface area contributed by atoms with Crippen LogP contribution in [0.4, 0.5) is 4.79 Å². The Labute approximate surface area is 161 Å². The molecule has 0 aliphatic heterocycles. The van der Waals surface area contributed by atoms with Gasteiger partial charge in [-0.2, -0.15) is 0 Å². The SMILES string of the molecule is Cc1cc(C(=O)OC(C)C(=O)NC(=O)NC2CC2)c(C)n1Cc1cccs1. The number of rotatable bonds is 6. The highest BCUT2D eigenvalue weighted by Crippen LogP contribution is 2.20. The van der Waals surface area contributed by atoms with E-state index in [0.717, 1.165) is 24.2 Å². The minimum absolute atomic E-state index is 0.143. The molecule has 1 unspecified atom stereocenters. The number of carbonyl (C=O) groups excluding carboxylic acids is 3. The Bertz CT molecular complexity index is 853. The third-order valence-electron chi connectivity index (χ3n) is 4.49. The maximum absolute atomic E-state index is 12.5. The van der Waals surface area contributed by atoms with Crippen molar-refractivity contribution in [1.29, 1.82) is 0 Å². The second-order valence-corrected chi connectivity index (χ2v) is 7.77. The van der Waals surface area contributed by atoms with Crippen molar-refractivity contribution in [2.45, 2.75) is 52.3 Å². The average molecular weight is 389 g/mol. The minimum atomic E-state index is -1.07. The number of urea groups is 1. The molecule has 27 heavy (non-hydrogen) atoms. The summed E-state index contributed by atoms with van der Waals surface area (Å²) >= 11 is 1.65. The first kappa shape index (κ1) is 19.2. The predicted octanol–water partition coefficient (Wildman–Crippen LogP) is 2.75. The van der Waals surface area contributed by atoms with E-state index in [-0.39, 0.29) is 6.04 Å². The number of aromatic nitrogens is 1. The lowest BCUT2D eigenvalue weighted by atomic mass is 10.2. The maximum Gasteiger partial charge on any atom is 0.340 e. The van der Waals surface area contributed by atoms with Gasteiger partial charge in [-0.05, 0) is 51.1 Å². The van der Waals surface area contributed by atoms with Crippen molar-refractivity contribution in [3.05, 3.63) is 45.4 Å². The summed E-state index contributed by atoms with van der Waals surface area (Å²) in [4.78, 5) is 37.4. The summed E-state index contributed by atoms with van der Waals surface area (Å²) in [6, 6.07) is 5.38. The number of thiophene rings is 1. The Morgan fingerprint density at radius 3 is 2.70 bits per heavy atom. The van der Waals surface area contributed by atoms with E-state index in [1.165, 1.54) is 11.8 Å². The highest BCUT2D eigenvalue weighted by Gasteiger charge is 2.27. The van der Waals surface area contributed by atoms with Gasteiger partial charge in [0.15, 0.2) is 6.10 Å². The smallest absolute Gasteiger partial charge is 0.340 e. The normalized spacial score (nSPS) is 14.5. The molecule has 1 aliphatic rings. The molecule has 0 spiro atoms. The molecule has 1 aliphatic carbocycles. The van der Waals surface area contributed by atoms with E-state index in [1.54, 1.807) is 17.4 Å². The molecule has 2 aromatic heterocycles. The van der Waals surface area contributed by atoms with Crippen LogP contribution in [0.3, 0.4) is 0 Å². The average Bonchev–Trinajstić information content (AvgIpc) is 3.17. The van der Waals surface area contributed by atoms with Crippen LogP contribution >= 0.6 is 11.3 Å². The molecule has 0 bridgehead atoms. The highest BCUT2D eigenvalue weighted by atomic mass is 32.1. The third kappa shape index (κ3) is 4.77. The van der Waals surface area contributed by atoms with Gasteiger partial charge in [-0.25, -0.2) is 9.59 Å². The van der Waals surface area contributed by atoms with Crippen LogP contribution in [0.25, 0.3) is 0 Å². The molecule has 3 rings (SSSR count). The zero-order valence-corrected chi connectivity index (χ0v) is 16.4. The Kier molecular flexibility index (Phi) is 5.65. The summed E-state index contributed by atoms with van der Waals surface area (Å²) in [5.74, 6) is -1.22. The lowest BCUT2D eigenvalue weighted by molar-refractivity contribution is -0.127. The molecule has 1 saturated carbocycles. The molecule has 144 valence electrons. The van der Waals surface area contributed by atoms with Gasteiger partial charge in [0.05, 0.1) is 12.1 Å². The molecule has 2 N–H and O–H groups in total. The van der Waals surface area contributed by atoms with Gasteiger partial charge in [0.25, 0.3) is 5.91 Å². The van der Waals surface area contributed by atoms with Gasteiger partial charge < -0.3 is 14.6 Å². The summed E-state index contributed by atoms with van der Waals surface area (Å²) in [7, 11) is 0. The number of hydrogen-bond acceptors (Lipinski definition) is 5. The van der Waals surface area contributed by atoms with Crippen LogP contribution in [-0.2, 0) is 16.1 Å². The molecule has 0 aromatic carbocycles. The molecule has 0 saturated heterocycles. The number of hydrogen-bond donors (Lipinski definition) is 2. The van der Waals surface area contributed by atoms with E-state index in [0.29, 0.717) is 12.1 Å². The largest absolute Gasteiger partial charge is 0.449 e. The summed E-state index contributed by atoms with van der Waals surface area (Å²) in [5, 5.41) is 6.86. The monoisotopic (exact) mass is 389 g/mol. The predicted molar refractivity (Wildman–Crippen MR) is 102 cm³/mol. The van der Waals surface area contributed by atoms with Gasteiger partial charge >= 0.3 is 12.0 Å². The number of amides is 3. The van der Waals surface area contributed by atoms with Gasteiger partial charge in [0, 0.05) is 22.3 Å². The zero-order chi connectivity index (χ0) is 19.6. The maximum atomic E-state index is 12.5. The van der Waals surface area contributed by atoms with E-state index in [1.807, 2.05) is 35.9 Å². The number of imide groups is 1. The number of aryl methyl sites for hydroxylation is 1. The van der Waals surface area contributed by atoms with Crippen LogP contribution in [0, 0.1) is 13.8 Å². The van der Waals surface area contributed by atoms with Crippen molar-refractivity contribution in [3.8, 4) is 0 Å². The van der Waals surface area contributed by atoms with Crippen LogP contribution in [0.2, 0.25) is 0 Å². The summed E-state index contributed by atoms with van der Waals surface area (Å²) < 4.78 is 7.30. The van der Waals surface area contributed by atoms with Gasteiger partial charge in [0.2, 0.25) is 0 Å². The van der Waals surface area contributed by atoms with Gasteiger partial charge in [0.1, 0.15) is 0 Å². The zero-order valence-electron chi connectivity index (χ0n) is 15.6. The molecule has 0 radical (unpaired) electrons. The van der Waals surface area contributed by atoms with Crippen LogP contribution in [0.1, 0.15) is 46.4 Å². The van der Waals surface area contributed by atoms with E-state index in [2.05, 4.69) is 10.6 Å². The number of carbonyl (C=O) groups is 3. The molecular weight excluding hydrogens is 366 g/mol. The van der Waals surface area contributed by atoms with E-state index >= 15 is 0 Å². The first-order chi connectivity index (χ1) is 12.8. The van der Waals surface area contributed by atoms with Crippen molar-refractivity contribution < 1.29 is 19.1 Å². The van der Waals surface area contributed by atoms with Crippen molar-refractivity contribution in [2.75, 3.05) is 0 Å². The molecule has 1 fully saturated rings. The van der Waals surface area contributed by atoms with E-state index in [9.17, 15) is 14.4 Å². The fraction of sp³-hybridized carbons (Fsp3) is 0.421. The Morgan fingerprint density at radius 1 is 1.33 bits per heavy atom. The Balaban J connectivity index is 1.61. The molecule has 3 amide bonds. The lowest BCUT2D eigenvalue weighted by Gasteiger charge is -2.13. The Hall–Kier alpha value is -2.61. The van der Waals surface area contributed by atoms with Crippen molar-refractivity contribution in [1.82, 2.24) is 15.2 Å². The first-order valence-electron chi connectivity index (χ1n) is 8.86. The fourth-order valence-corrected chi connectivity index (χ4v) is 3.44. The summed E-state index contributed by atoms with van der Waals surface area (Å²) in [6.45, 7) is 5.91. The minimum Gasteiger partial charge on any atom is -0.449 e. The topological polar surface area (TPSA) is 89.4 Å². The van der Waals surface area contributed by atoms with Crippen LogP contribution in [-0.4, -0.2) is 34.6 Å². The number of ether oxygens (including phenoxy) is 1. The fourth-order valence-electron chi connectivity index (χ4n) is 2.75. The number of nitrogens with one attached hydrogen (secondary N) is 2. The van der Waals surface area contributed by atoms with Gasteiger partial charge in [-0.1, -0.05) is 6.07 Å². The van der Waals surface area contributed by atoms with Crippen LogP contribution in [0.15, 0.2) is 23.6 Å². The van der Waals surface area contributed by atoms with Crippen molar-refractivity contribution in [3.63, 3.8) is 0 Å². The summed E-state index contributed by atoms with van der Waals surface area (Å²) in [6.07, 6.45) is 0.781.